The van der Waals surface area contributed by atoms with Gasteiger partial charge in [0.05, 0.1) is 78.3 Å². The highest BCUT2D eigenvalue weighted by atomic mass is 15.0. The Balaban J connectivity index is 0.702. The summed E-state index contributed by atoms with van der Waals surface area (Å²) in [5.74, 6) is 1.26. The Hall–Kier alpha value is -15.1. The van der Waals surface area contributed by atoms with Crippen molar-refractivity contribution in [1.29, 1.82) is 0 Å². The van der Waals surface area contributed by atoms with Crippen LogP contribution in [-0.4, -0.2) is 38.2 Å². The van der Waals surface area contributed by atoms with E-state index in [0.29, 0.717) is 11.6 Å². The van der Waals surface area contributed by atoms with Gasteiger partial charge in [-0.3, -0.25) is 0 Å². The molecule has 0 aliphatic rings. The van der Waals surface area contributed by atoms with E-state index in [1.165, 1.54) is 54.4 Å². The fourth-order valence-corrected chi connectivity index (χ4v) is 17.3. The fraction of sp³-hybridized carbons (Fsp3) is 0. The maximum Gasteiger partial charge on any atom is 0.160 e. The largest absolute Gasteiger partial charge is 0.309 e. The van der Waals surface area contributed by atoms with Gasteiger partial charge in [0, 0.05) is 87.8 Å². The van der Waals surface area contributed by atoms with Gasteiger partial charge in [-0.05, 0) is 149 Å². The molecule has 0 saturated heterocycles. The minimum Gasteiger partial charge on any atom is -0.309 e. The average Bonchev–Trinajstić information content (AvgIpc) is 1.57. The number of aromatic nitrogens is 8. The molecule has 0 aliphatic carbocycles. The Labute approximate surface area is 645 Å². The summed E-state index contributed by atoms with van der Waals surface area (Å²) in [5, 5.41) is 9.51. The molecule has 6 heterocycles. The van der Waals surface area contributed by atoms with E-state index in [1.807, 2.05) is 12.1 Å². The van der Waals surface area contributed by atoms with Gasteiger partial charge in [-0.25, -0.2) is 19.9 Å². The molecule has 8 heteroatoms. The van der Waals surface area contributed by atoms with E-state index in [9.17, 15) is 0 Å². The lowest BCUT2D eigenvalue weighted by molar-refractivity contribution is 1.15. The summed E-state index contributed by atoms with van der Waals surface area (Å²) >= 11 is 0. The summed E-state index contributed by atoms with van der Waals surface area (Å²) in [7, 11) is 0. The third-order valence-electron chi connectivity index (χ3n) is 22.4. The van der Waals surface area contributed by atoms with Gasteiger partial charge in [0.2, 0.25) is 0 Å². The highest BCUT2D eigenvalue weighted by molar-refractivity contribution is 6.18. The van der Waals surface area contributed by atoms with Crippen LogP contribution in [0.1, 0.15) is 0 Å². The molecule has 112 heavy (non-hydrogen) atoms. The predicted molar refractivity (Wildman–Crippen MR) is 464 cm³/mol. The monoisotopic (exact) mass is 1430 g/mol. The summed E-state index contributed by atoms with van der Waals surface area (Å²) in [4.78, 5) is 22.0. The Kier molecular flexibility index (Phi) is 15.1. The van der Waals surface area contributed by atoms with Gasteiger partial charge < -0.3 is 18.3 Å². The van der Waals surface area contributed by atoms with E-state index in [-0.39, 0.29) is 0 Å². The highest BCUT2D eigenvalue weighted by Crippen LogP contribution is 2.46. The predicted octanol–water partition coefficient (Wildman–Crippen LogP) is 26.7. The van der Waals surface area contributed by atoms with Crippen molar-refractivity contribution in [3.63, 3.8) is 0 Å². The minimum atomic E-state index is 0.611. The Morgan fingerprint density at radius 3 is 1.16 bits per heavy atom. The second-order valence-corrected chi connectivity index (χ2v) is 28.8. The molecule has 0 amide bonds. The lowest BCUT2D eigenvalue weighted by atomic mass is 9.97. The van der Waals surface area contributed by atoms with Crippen LogP contribution >= 0.6 is 0 Å². The van der Waals surface area contributed by atoms with Crippen LogP contribution in [0.2, 0.25) is 0 Å². The van der Waals surface area contributed by atoms with Gasteiger partial charge in [0.25, 0.3) is 0 Å². The molecule has 22 rings (SSSR count). The third kappa shape index (κ3) is 10.7. The molecule has 0 atom stereocenters. The van der Waals surface area contributed by atoms with Crippen LogP contribution < -0.4 is 0 Å². The summed E-state index contributed by atoms with van der Waals surface area (Å²) in [6.45, 7) is 0. The van der Waals surface area contributed by atoms with E-state index in [4.69, 9.17) is 19.9 Å². The summed E-state index contributed by atoms with van der Waals surface area (Å²) in [6.07, 6.45) is 0. The molecule has 22 aromatic rings. The fourth-order valence-electron chi connectivity index (χ4n) is 17.3. The van der Waals surface area contributed by atoms with Gasteiger partial charge >= 0.3 is 0 Å². The molecule has 6 aromatic heterocycles. The third-order valence-corrected chi connectivity index (χ3v) is 22.4. The van der Waals surface area contributed by atoms with Crippen molar-refractivity contribution in [2.75, 3.05) is 0 Å². The molecule has 0 unspecified atom stereocenters. The van der Waals surface area contributed by atoms with Crippen LogP contribution in [0.25, 0.3) is 211 Å². The number of nitrogens with zero attached hydrogens (tertiary/aromatic N) is 8. The van der Waals surface area contributed by atoms with Crippen molar-refractivity contribution in [3.05, 3.63) is 400 Å². The SMILES string of the molecule is c1ccc(-c2cc(-c3ccc(-c4cccc(-c5nc(-c6ccccc6)cc(-c6ccccc6-n6c7ccccc7c7c(-c8ccc9c(c8)c8ccccc8n9-c8ccccc8)cccc76)n5)c4)cc3-n3c4ccccc4c4cc(-c5ccc6c7ccccc7n(-c7ccccc7)c6c5)ccc43)nc(-c3ccccc3)n2)cc1. The van der Waals surface area contributed by atoms with Crippen LogP contribution in [0.5, 0.6) is 0 Å². The molecule has 0 spiro atoms. The van der Waals surface area contributed by atoms with Gasteiger partial charge in [-0.2, -0.15) is 0 Å². The molecule has 8 nitrogen and oxygen atoms in total. The van der Waals surface area contributed by atoms with Crippen molar-refractivity contribution in [2.24, 2.45) is 0 Å². The zero-order chi connectivity index (χ0) is 73.7. The average molecular weight is 1430 g/mol. The molecular formula is C104H66N8. The lowest BCUT2D eigenvalue weighted by Crippen LogP contribution is -2.02. The van der Waals surface area contributed by atoms with E-state index >= 15 is 0 Å². The highest BCUT2D eigenvalue weighted by Gasteiger charge is 2.25. The first-order valence-corrected chi connectivity index (χ1v) is 38.1. The Bertz CT molecular complexity index is 7420. The molecule has 0 radical (unpaired) electrons. The number of benzene rings is 16. The van der Waals surface area contributed by atoms with Crippen molar-refractivity contribution in [3.8, 4) is 124 Å². The number of rotatable bonds is 13. The van der Waals surface area contributed by atoms with Gasteiger partial charge in [0.1, 0.15) is 0 Å². The van der Waals surface area contributed by atoms with Crippen molar-refractivity contribution >= 4 is 87.2 Å². The van der Waals surface area contributed by atoms with Gasteiger partial charge in [-0.15, -0.1) is 0 Å². The number of fused-ring (bicyclic) bond motifs is 12. The summed E-state index contributed by atoms with van der Waals surface area (Å²) in [5.41, 5.74) is 28.9. The minimum absolute atomic E-state index is 0.611. The maximum atomic E-state index is 5.68. The molecule has 0 saturated carbocycles. The summed E-state index contributed by atoms with van der Waals surface area (Å²) < 4.78 is 9.66. The smallest absolute Gasteiger partial charge is 0.160 e. The van der Waals surface area contributed by atoms with Crippen LogP contribution in [0.4, 0.5) is 0 Å². The topological polar surface area (TPSA) is 71.3 Å². The molecule has 0 N–H and O–H groups in total. The normalized spacial score (nSPS) is 11.8. The first-order valence-electron chi connectivity index (χ1n) is 38.1. The number of para-hydroxylation sites is 7. The van der Waals surface area contributed by atoms with Gasteiger partial charge in [0.15, 0.2) is 11.6 Å². The van der Waals surface area contributed by atoms with Crippen molar-refractivity contribution < 1.29 is 0 Å². The second kappa shape index (κ2) is 26.4. The van der Waals surface area contributed by atoms with Crippen molar-refractivity contribution in [1.82, 2.24) is 38.2 Å². The van der Waals surface area contributed by atoms with E-state index in [1.54, 1.807) is 0 Å². The van der Waals surface area contributed by atoms with Crippen molar-refractivity contribution in [2.45, 2.75) is 0 Å². The molecule has 0 fully saturated rings. The summed E-state index contributed by atoms with van der Waals surface area (Å²) in [6, 6.07) is 144. The van der Waals surface area contributed by atoms with E-state index < -0.39 is 0 Å². The van der Waals surface area contributed by atoms with Crippen LogP contribution in [-0.2, 0) is 0 Å². The maximum absolute atomic E-state index is 5.68. The van der Waals surface area contributed by atoms with Crippen LogP contribution in [0, 0.1) is 0 Å². The zero-order valence-corrected chi connectivity index (χ0v) is 60.7. The standard InChI is InChI=1S/C104H66N8/c1-6-28-67(29-7-1)88-66-91(107-103(105-88)69-32-10-3-11-33-69)84-57-53-72(64-101(84)112-94-48-23-18-42-81(94)86-61-71(54-58-98(86)112)73-52-56-82-79-40-16-21-46-92(79)110(100(82)63-73)77-38-14-5-15-39-77)70-34-26-35-75(60-70)104-106-89(68-30-8-2-9-31-68)65-90(108-104)83-43-19-24-49-95(83)111-96-50-25-20-44-85(96)102-78(45-27-51-99(102)111)74-55-59-97-87(62-74)80-41-17-22-47-93(80)109(97)76-36-12-4-13-37-76/h1-66H. The van der Waals surface area contributed by atoms with E-state index in [2.05, 4.69) is 407 Å². The van der Waals surface area contributed by atoms with E-state index in [0.717, 1.165) is 145 Å². The first-order chi connectivity index (χ1) is 55.5. The quantitative estimate of drug-likeness (QED) is 0.115. The Morgan fingerprint density at radius 1 is 0.161 bits per heavy atom. The molecule has 16 aromatic carbocycles. The molecule has 522 valence electrons. The molecule has 0 aliphatic heterocycles. The first kappa shape index (κ1) is 64.1. The molecular weight excluding hydrogens is 1360 g/mol. The second-order valence-electron chi connectivity index (χ2n) is 28.8. The zero-order valence-electron chi connectivity index (χ0n) is 60.7. The van der Waals surface area contributed by atoms with Gasteiger partial charge in [-0.1, -0.05) is 285 Å². The molecule has 0 bridgehead atoms. The number of hydrogen-bond acceptors (Lipinski definition) is 4. The van der Waals surface area contributed by atoms with Crippen LogP contribution in [0.15, 0.2) is 400 Å². The Morgan fingerprint density at radius 2 is 0.527 bits per heavy atom. The lowest BCUT2D eigenvalue weighted by Gasteiger charge is -2.18. The number of hydrogen-bond donors (Lipinski definition) is 0. The van der Waals surface area contributed by atoms with Crippen LogP contribution in [0.3, 0.4) is 0 Å².